The summed E-state index contributed by atoms with van der Waals surface area (Å²) in [6.45, 7) is -1.71. The lowest BCUT2D eigenvalue weighted by molar-refractivity contribution is -0.275. The van der Waals surface area contributed by atoms with Crippen LogP contribution in [0.1, 0.15) is 17.5 Å². The second kappa shape index (κ2) is 10.2. The number of alkyl halides is 6. The van der Waals surface area contributed by atoms with Gasteiger partial charge in [-0.2, -0.15) is 26.3 Å². The van der Waals surface area contributed by atoms with Crippen molar-refractivity contribution in [3.8, 4) is 0 Å². The SMILES string of the molecule is O=C(CS(=O)(=O)c1ccc(C2=NOC(c3cc(Cl)cc(Cl)c3)(C(F)(F)F)C2)c2ccccc12)NCC(F)(F)F. The van der Waals surface area contributed by atoms with Crippen LogP contribution in [0.2, 0.25) is 10.0 Å². The quantitative estimate of drug-likeness (QED) is 0.337. The fourth-order valence-electron chi connectivity index (χ4n) is 4.13. The van der Waals surface area contributed by atoms with Crippen molar-refractivity contribution in [1.82, 2.24) is 5.32 Å². The smallest absolute Gasteiger partial charge is 0.374 e. The molecule has 1 heterocycles. The van der Waals surface area contributed by atoms with Crippen LogP contribution in [-0.4, -0.2) is 44.7 Å². The van der Waals surface area contributed by atoms with E-state index in [0.29, 0.717) is 0 Å². The standard InChI is InChI=1S/C24H16Cl2F6N2O4S/c25-14-7-13(8-15(26)9-14)22(24(30,31)32)10-19(34-38-22)17-5-6-20(18-4-2-1-3-16(17)18)39(36,37)11-21(35)33-12-23(27,28)29/h1-9H,10-12H2,(H,33,35). The second-order valence-corrected chi connectivity index (χ2v) is 11.4. The van der Waals surface area contributed by atoms with Gasteiger partial charge < -0.3 is 10.2 Å². The molecule has 15 heteroatoms. The highest BCUT2D eigenvalue weighted by Crippen LogP contribution is 2.50. The predicted octanol–water partition coefficient (Wildman–Crippen LogP) is 6.18. The van der Waals surface area contributed by atoms with Gasteiger partial charge in [0, 0.05) is 33.0 Å². The molecule has 1 unspecified atom stereocenters. The third-order valence-corrected chi connectivity index (χ3v) is 7.96. The number of nitrogens with zero attached hydrogens (tertiary/aromatic N) is 1. The zero-order chi connectivity index (χ0) is 28.8. The molecule has 3 aromatic rings. The number of carbonyl (C=O) groups excluding carboxylic acids is 1. The van der Waals surface area contributed by atoms with Gasteiger partial charge in [-0.05, 0) is 29.7 Å². The lowest BCUT2D eigenvalue weighted by atomic mass is 9.85. The lowest BCUT2D eigenvalue weighted by Gasteiger charge is -2.29. The van der Waals surface area contributed by atoms with Gasteiger partial charge in [0.15, 0.2) is 9.84 Å². The highest BCUT2D eigenvalue weighted by atomic mass is 35.5. The molecule has 0 aromatic heterocycles. The van der Waals surface area contributed by atoms with Crippen molar-refractivity contribution in [3.63, 3.8) is 0 Å². The minimum absolute atomic E-state index is 0.0247. The molecule has 0 fully saturated rings. The molecule has 0 saturated heterocycles. The Kier molecular flexibility index (Phi) is 7.56. The van der Waals surface area contributed by atoms with Crippen LogP contribution in [0.25, 0.3) is 10.8 Å². The van der Waals surface area contributed by atoms with E-state index in [9.17, 15) is 39.6 Å². The summed E-state index contributed by atoms with van der Waals surface area (Å²) in [4.78, 5) is 16.5. The number of hydrogen-bond donors (Lipinski definition) is 1. The van der Waals surface area contributed by atoms with E-state index in [4.69, 9.17) is 28.0 Å². The molecule has 39 heavy (non-hydrogen) atoms. The van der Waals surface area contributed by atoms with E-state index in [-0.39, 0.29) is 37.7 Å². The Morgan fingerprint density at radius 1 is 0.974 bits per heavy atom. The van der Waals surface area contributed by atoms with Crippen LogP contribution in [0.3, 0.4) is 0 Å². The number of halogens is 8. The highest BCUT2D eigenvalue weighted by Gasteiger charge is 2.62. The molecule has 1 amide bonds. The zero-order valence-corrected chi connectivity index (χ0v) is 21.7. The fraction of sp³-hybridized carbons (Fsp3) is 0.250. The van der Waals surface area contributed by atoms with Crippen molar-refractivity contribution in [3.05, 3.63) is 75.8 Å². The van der Waals surface area contributed by atoms with E-state index in [1.54, 1.807) is 0 Å². The van der Waals surface area contributed by atoms with E-state index in [1.807, 2.05) is 0 Å². The minimum Gasteiger partial charge on any atom is -0.374 e. The number of benzene rings is 3. The summed E-state index contributed by atoms with van der Waals surface area (Å²) < 4.78 is 106. The van der Waals surface area contributed by atoms with Crippen LogP contribution in [0.5, 0.6) is 0 Å². The second-order valence-electron chi connectivity index (χ2n) is 8.60. The molecule has 1 aliphatic rings. The Hall–Kier alpha value is -3.03. The lowest BCUT2D eigenvalue weighted by Crippen LogP contribution is -2.42. The first-order valence-electron chi connectivity index (χ1n) is 10.9. The Morgan fingerprint density at radius 2 is 1.59 bits per heavy atom. The normalized spacial score (nSPS) is 18.1. The molecule has 6 nitrogen and oxygen atoms in total. The molecule has 0 bridgehead atoms. The molecule has 0 spiro atoms. The first-order valence-corrected chi connectivity index (χ1v) is 13.3. The van der Waals surface area contributed by atoms with Crippen LogP contribution >= 0.6 is 23.2 Å². The van der Waals surface area contributed by atoms with Crippen molar-refractivity contribution >= 4 is 55.4 Å². The molecular formula is C24H16Cl2F6N2O4S. The van der Waals surface area contributed by atoms with Crippen molar-refractivity contribution in [2.75, 3.05) is 12.3 Å². The number of fused-ring (bicyclic) bond motifs is 1. The number of nitrogens with one attached hydrogen (secondary N) is 1. The predicted molar refractivity (Wildman–Crippen MR) is 131 cm³/mol. The van der Waals surface area contributed by atoms with E-state index in [0.717, 1.165) is 18.2 Å². The average Bonchev–Trinajstić information content (AvgIpc) is 3.28. The van der Waals surface area contributed by atoms with E-state index < -0.39 is 57.3 Å². The van der Waals surface area contributed by atoms with E-state index in [2.05, 4.69) is 5.16 Å². The Balaban J connectivity index is 1.72. The monoisotopic (exact) mass is 612 g/mol. The number of carbonyl (C=O) groups is 1. The molecule has 0 saturated carbocycles. The van der Waals surface area contributed by atoms with Crippen molar-refractivity contribution in [2.45, 2.75) is 29.3 Å². The first kappa shape index (κ1) is 29.0. The van der Waals surface area contributed by atoms with Gasteiger partial charge in [0.25, 0.3) is 5.60 Å². The van der Waals surface area contributed by atoms with Crippen molar-refractivity contribution in [2.24, 2.45) is 5.16 Å². The van der Waals surface area contributed by atoms with E-state index >= 15 is 0 Å². The summed E-state index contributed by atoms with van der Waals surface area (Å²) in [5, 5.41) is 5.26. The van der Waals surface area contributed by atoms with Crippen LogP contribution < -0.4 is 5.32 Å². The van der Waals surface area contributed by atoms with Gasteiger partial charge in [-0.25, -0.2) is 8.42 Å². The number of sulfone groups is 1. The summed E-state index contributed by atoms with van der Waals surface area (Å²) in [7, 11) is -4.45. The molecule has 0 aliphatic carbocycles. The summed E-state index contributed by atoms with van der Waals surface area (Å²) >= 11 is 11.8. The maximum atomic E-state index is 14.4. The van der Waals surface area contributed by atoms with Crippen molar-refractivity contribution in [1.29, 1.82) is 0 Å². The first-order chi connectivity index (χ1) is 18.0. The highest BCUT2D eigenvalue weighted by molar-refractivity contribution is 7.92. The van der Waals surface area contributed by atoms with Gasteiger partial charge in [-0.3, -0.25) is 4.79 Å². The number of hydrogen-bond acceptors (Lipinski definition) is 5. The molecule has 0 radical (unpaired) electrons. The Labute approximate surface area is 227 Å². The minimum atomic E-state index is -4.96. The zero-order valence-electron chi connectivity index (χ0n) is 19.3. The van der Waals surface area contributed by atoms with E-state index in [1.165, 1.54) is 41.7 Å². The average molecular weight is 613 g/mol. The number of rotatable bonds is 6. The van der Waals surface area contributed by atoms with Gasteiger partial charge in [0.2, 0.25) is 5.91 Å². The van der Waals surface area contributed by atoms with Crippen LogP contribution in [-0.2, 0) is 25.1 Å². The Morgan fingerprint density at radius 3 is 2.18 bits per heavy atom. The largest absolute Gasteiger partial charge is 0.435 e. The number of amides is 1. The molecule has 4 rings (SSSR count). The third kappa shape index (κ3) is 5.94. The van der Waals surface area contributed by atoms with Gasteiger partial charge >= 0.3 is 12.4 Å². The molecule has 1 atom stereocenters. The molecule has 3 aromatic carbocycles. The molecule has 208 valence electrons. The topological polar surface area (TPSA) is 84.8 Å². The maximum Gasteiger partial charge on any atom is 0.435 e. The molecular weight excluding hydrogens is 597 g/mol. The van der Waals surface area contributed by atoms with Crippen LogP contribution in [0, 0.1) is 0 Å². The maximum absolute atomic E-state index is 14.4. The van der Waals surface area contributed by atoms with Gasteiger partial charge in [0.05, 0.1) is 10.6 Å². The summed E-state index contributed by atoms with van der Waals surface area (Å²) in [6, 6.07) is 11.3. The summed E-state index contributed by atoms with van der Waals surface area (Å²) in [5.74, 6) is -2.65. The Bertz CT molecular complexity index is 1570. The van der Waals surface area contributed by atoms with Gasteiger partial charge in [-0.1, -0.05) is 58.7 Å². The van der Waals surface area contributed by atoms with Crippen LogP contribution in [0.4, 0.5) is 26.3 Å². The fourth-order valence-corrected chi connectivity index (χ4v) is 6.05. The van der Waals surface area contributed by atoms with Crippen LogP contribution in [0.15, 0.2) is 64.6 Å². The molecule has 1 N–H and O–H groups in total. The third-order valence-electron chi connectivity index (χ3n) is 5.85. The molecule has 1 aliphatic heterocycles. The number of oxime groups is 1. The van der Waals surface area contributed by atoms with Crippen molar-refractivity contribution < 1.29 is 44.4 Å². The summed E-state index contributed by atoms with van der Waals surface area (Å²) in [6.07, 6.45) is -10.5. The van der Waals surface area contributed by atoms with Gasteiger partial charge in [-0.15, -0.1) is 0 Å². The summed E-state index contributed by atoms with van der Waals surface area (Å²) in [5.41, 5.74) is -3.37. The van der Waals surface area contributed by atoms with Gasteiger partial charge in [0.1, 0.15) is 12.3 Å².